The first-order valence-electron chi connectivity index (χ1n) is 12.2. The van der Waals surface area contributed by atoms with Crippen LogP contribution in [-0.2, 0) is 4.79 Å². The van der Waals surface area contributed by atoms with Crippen LogP contribution in [0.4, 0.5) is 5.82 Å². The molecule has 1 aromatic carbocycles. The Hall–Kier alpha value is -2.76. The lowest BCUT2D eigenvalue weighted by atomic mass is 10.0. The molecule has 0 spiro atoms. The lowest BCUT2D eigenvalue weighted by molar-refractivity contribution is -0.128. The number of nitrogens with one attached hydrogen (secondary N) is 2. The summed E-state index contributed by atoms with van der Waals surface area (Å²) in [7, 11) is 0. The number of aromatic nitrogens is 5. The van der Waals surface area contributed by atoms with E-state index in [2.05, 4.69) is 40.0 Å². The van der Waals surface area contributed by atoms with E-state index in [1.807, 2.05) is 25.1 Å². The fraction of sp³-hybridized carbons (Fsp3) is 0.542. The number of benzene rings is 1. The molecule has 2 heterocycles. The predicted octanol–water partition coefficient (Wildman–Crippen LogP) is 2.11. The molecule has 0 unspecified atom stereocenters. The van der Waals surface area contributed by atoms with Crippen molar-refractivity contribution in [2.75, 3.05) is 17.6 Å². The highest BCUT2D eigenvalue weighted by Crippen LogP contribution is 2.43. The molecule has 5 rings (SSSR count). The number of carbonyl (C=O) groups is 1. The van der Waals surface area contributed by atoms with Crippen LogP contribution in [0.3, 0.4) is 0 Å². The molecule has 0 aliphatic heterocycles. The Kier molecular flexibility index (Phi) is 6.90. The number of nitrogens with zero attached hydrogens (tertiary/aromatic N) is 5. The molecule has 4 N–H and O–H groups in total. The Morgan fingerprint density at radius 1 is 1.14 bits per heavy atom. The second-order valence-electron chi connectivity index (χ2n) is 9.20. The normalized spacial score (nSPS) is 27.8. The Morgan fingerprint density at radius 2 is 1.94 bits per heavy atom. The van der Waals surface area contributed by atoms with Gasteiger partial charge in [-0.3, -0.25) is 4.79 Å². The zero-order valence-corrected chi connectivity index (χ0v) is 20.6. The number of aliphatic hydroxyl groups excluding tert-OH is 2. The number of hydrogen-bond donors (Lipinski definition) is 4. The number of thioether (sulfide) groups is 1. The molecule has 1 amide bonds. The van der Waals surface area contributed by atoms with E-state index in [4.69, 9.17) is 9.97 Å². The average Bonchev–Trinajstić information content (AvgIpc) is 3.41. The maximum Gasteiger partial charge on any atom is 0.225 e. The van der Waals surface area contributed by atoms with Gasteiger partial charge in [0.05, 0.1) is 18.1 Å². The fourth-order valence-corrected chi connectivity index (χ4v) is 5.50. The molecule has 2 aromatic heterocycles. The molecule has 2 saturated carbocycles. The van der Waals surface area contributed by atoms with Crippen LogP contribution in [0.25, 0.3) is 11.2 Å². The molecule has 10 nitrogen and oxygen atoms in total. The number of anilines is 1. The highest BCUT2D eigenvalue weighted by atomic mass is 32.2. The van der Waals surface area contributed by atoms with E-state index in [1.165, 1.54) is 5.56 Å². The van der Waals surface area contributed by atoms with Crippen LogP contribution in [-0.4, -0.2) is 71.6 Å². The van der Waals surface area contributed by atoms with Crippen LogP contribution in [0.5, 0.6) is 0 Å². The molecule has 186 valence electrons. The molecule has 0 saturated heterocycles. The Labute approximate surface area is 207 Å². The molecule has 2 fully saturated rings. The van der Waals surface area contributed by atoms with Gasteiger partial charge < -0.3 is 20.8 Å². The Morgan fingerprint density at radius 3 is 2.69 bits per heavy atom. The van der Waals surface area contributed by atoms with Crippen molar-refractivity contribution in [2.24, 2.45) is 5.92 Å². The second kappa shape index (κ2) is 10.1. The van der Waals surface area contributed by atoms with E-state index in [1.54, 1.807) is 16.4 Å². The highest BCUT2D eigenvalue weighted by Gasteiger charge is 2.47. The summed E-state index contributed by atoms with van der Waals surface area (Å²) < 4.78 is 1.55. The molecule has 0 radical (unpaired) electrons. The minimum atomic E-state index is -1.18. The summed E-state index contributed by atoms with van der Waals surface area (Å²) in [6, 6.07) is 10.0. The third-order valence-electron chi connectivity index (χ3n) is 6.73. The number of fused-ring (bicyclic) bond motifs is 1. The van der Waals surface area contributed by atoms with Gasteiger partial charge in [-0.1, -0.05) is 54.2 Å². The number of rotatable bonds is 9. The first kappa shape index (κ1) is 24.0. The number of amides is 1. The maximum atomic E-state index is 12.4. The van der Waals surface area contributed by atoms with Crippen molar-refractivity contribution >= 4 is 34.7 Å². The molecule has 3 aromatic rings. The number of hydrogen-bond acceptors (Lipinski definition) is 9. The molecular formula is C24H31N7O3S. The SMILES string of the molecule is CCCSc1nc(N[C@@H]2C[C@H]2c2ccccc2)c2nnn([C@@H]3C[C@H](C(=O)NCC)[C@@H](O)[C@H]3O)c2n1. The van der Waals surface area contributed by atoms with Crippen LogP contribution in [0.2, 0.25) is 0 Å². The minimum Gasteiger partial charge on any atom is -0.390 e. The molecule has 0 bridgehead atoms. The van der Waals surface area contributed by atoms with E-state index in [-0.39, 0.29) is 18.4 Å². The summed E-state index contributed by atoms with van der Waals surface area (Å²) in [6.45, 7) is 4.38. The van der Waals surface area contributed by atoms with E-state index < -0.39 is 24.2 Å². The Bertz CT molecular complexity index is 1190. The molecule has 11 heteroatoms. The summed E-state index contributed by atoms with van der Waals surface area (Å²) in [5.41, 5.74) is 2.30. The van der Waals surface area contributed by atoms with E-state index in [0.29, 0.717) is 34.6 Å². The summed E-state index contributed by atoms with van der Waals surface area (Å²) in [5, 5.41) is 36.9. The van der Waals surface area contributed by atoms with Crippen molar-refractivity contribution < 1.29 is 15.0 Å². The maximum absolute atomic E-state index is 12.4. The van der Waals surface area contributed by atoms with Gasteiger partial charge in [0.15, 0.2) is 22.1 Å². The van der Waals surface area contributed by atoms with Crippen molar-refractivity contribution in [3.8, 4) is 0 Å². The summed E-state index contributed by atoms with van der Waals surface area (Å²) >= 11 is 1.56. The van der Waals surface area contributed by atoms with Gasteiger partial charge in [-0.05, 0) is 31.7 Å². The second-order valence-corrected chi connectivity index (χ2v) is 10.3. The number of aliphatic hydroxyl groups is 2. The average molecular weight is 498 g/mol. The summed E-state index contributed by atoms with van der Waals surface area (Å²) in [6.07, 6.45) is -0.112. The quantitative estimate of drug-likeness (QED) is 0.259. The standard InChI is InChI=1S/C24H31N7O3S/c1-3-10-35-24-27-21(26-16-11-14(16)13-8-6-5-7-9-13)18-22(28-24)31(30-29-18)17-12-15(19(32)20(17)33)23(34)25-4-2/h5-9,14-17,19-20,32-33H,3-4,10-12H2,1-2H3,(H,25,34)(H,26,27,28)/t14-,15-,16+,17+,19+,20-/m0/s1. The van der Waals surface area contributed by atoms with E-state index >= 15 is 0 Å². The summed E-state index contributed by atoms with van der Waals surface area (Å²) in [4.78, 5) is 21.9. The van der Waals surface area contributed by atoms with Crippen LogP contribution in [0.15, 0.2) is 35.5 Å². The lowest BCUT2D eigenvalue weighted by Gasteiger charge is -2.17. The van der Waals surface area contributed by atoms with E-state index in [0.717, 1.165) is 18.6 Å². The van der Waals surface area contributed by atoms with Gasteiger partial charge in [-0.25, -0.2) is 14.6 Å². The van der Waals surface area contributed by atoms with Crippen molar-refractivity contribution in [1.29, 1.82) is 0 Å². The Balaban J connectivity index is 1.45. The zero-order valence-electron chi connectivity index (χ0n) is 19.8. The molecular weight excluding hydrogens is 466 g/mol. The van der Waals surface area contributed by atoms with Crippen LogP contribution in [0, 0.1) is 5.92 Å². The van der Waals surface area contributed by atoms with Gasteiger partial charge in [-0.2, -0.15) is 0 Å². The van der Waals surface area contributed by atoms with Gasteiger partial charge in [0.1, 0.15) is 6.10 Å². The van der Waals surface area contributed by atoms with Gasteiger partial charge >= 0.3 is 0 Å². The minimum absolute atomic E-state index is 0.241. The molecule has 35 heavy (non-hydrogen) atoms. The molecule has 6 atom stereocenters. The van der Waals surface area contributed by atoms with Crippen LogP contribution < -0.4 is 10.6 Å². The molecule has 2 aliphatic rings. The van der Waals surface area contributed by atoms with E-state index in [9.17, 15) is 15.0 Å². The van der Waals surface area contributed by atoms with Crippen molar-refractivity contribution in [2.45, 2.75) is 68.5 Å². The fourth-order valence-electron chi connectivity index (χ4n) is 4.81. The van der Waals surface area contributed by atoms with Gasteiger partial charge in [0.25, 0.3) is 0 Å². The zero-order chi connectivity index (χ0) is 24.5. The smallest absolute Gasteiger partial charge is 0.225 e. The van der Waals surface area contributed by atoms with Crippen LogP contribution >= 0.6 is 11.8 Å². The molecule has 2 aliphatic carbocycles. The third kappa shape index (κ3) is 4.72. The third-order valence-corrected chi connectivity index (χ3v) is 7.79. The summed E-state index contributed by atoms with van der Waals surface area (Å²) in [5.74, 6) is 0.903. The highest BCUT2D eigenvalue weighted by molar-refractivity contribution is 7.99. The van der Waals surface area contributed by atoms with Crippen molar-refractivity contribution in [1.82, 2.24) is 30.3 Å². The monoisotopic (exact) mass is 497 g/mol. The van der Waals surface area contributed by atoms with Crippen molar-refractivity contribution in [3.05, 3.63) is 35.9 Å². The largest absolute Gasteiger partial charge is 0.390 e. The van der Waals surface area contributed by atoms with Gasteiger partial charge in [0.2, 0.25) is 5.91 Å². The van der Waals surface area contributed by atoms with Gasteiger partial charge in [-0.15, -0.1) is 5.10 Å². The van der Waals surface area contributed by atoms with Crippen LogP contribution in [0.1, 0.15) is 50.6 Å². The lowest BCUT2D eigenvalue weighted by Crippen LogP contribution is -2.38. The van der Waals surface area contributed by atoms with Gasteiger partial charge in [0, 0.05) is 24.3 Å². The van der Waals surface area contributed by atoms with Crippen molar-refractivity contribution in [3.63, 3.8) is 0 Å². The first-order chi connectivity index (χ1) is 17.0. The topological polar surface area (TPSA) is 138 Å². The number of carbonyl (C=O) groups excluding carboxylic acids is 1. The predicted molar refractivity (Wildman–Crippen MR) is 133 cm³/mol. The first-order valence-corrected chi connectivity index (χ1v) is 13.2.